The molecule has 0 spiro atoms. The van der Waals surface area contributed by atoms with E-state index in [9.17, 15) is 0 Å². The van der Waals surface area contributed by atoms with Gasteiger partial charge >= 0.3 is 0 Å². The van der Waals surface area contributed by atoms with Crippen LogP contribution in [-0.4, -0.2) is 35.6 Å². The lowest BCUT2D eigenvalue weighted by atomic mass is 10.2. The Morgan fingerprint density at radius 2 is 2.18 bits per heavy atom. The quantitative estimate of drug-likeness (QED) is 0.850. The highest BCUT2D eigenvalue weighted by Crippen LogP contribution is 2.22. The van der Waals surface area contributed by atoms with Gasteiger partial charge in [0.25, 0.3) is 0 Å². The standard InChI is InChI=1S/C12H18N2O.2ClH/c1-10-5-6-11(14(10)2)9-15-12-4-3-7-13-8-12;;/h3-4,7-8,10-11H,5-6,9H2,1-2H3;2*1H/t10-,11?;;/m0../s1. The molecule has 0 bridgehead atoms. The summed E-state index contributed by atoms with van der Waals surface area (Å²) in [5.74, 6) is 0.866. The molecule has 0 amide bonds. The van der Waals surface area contributed by atoms with Crippen LogP contribution in [0.4, 0.5) is 0 Å². The molecule has 5 heteroatoms. The van der Waals surface area contributed by atoms with Crippen molar-refractivity contribution >= 4 is 24.8 Å². The lowest BCUT2D eigenvalue weighted by Gasteiger charge is -2.23. The molecule has 0 N–H and O–H groups in total. The van der Waals surface area contributed by atoms with Gasteiger partial charge in [-0.2, -0.15) is 0 Å². The van der Waals surface area contributed by atoms with Gasteiger partial charge in [0.15, 0.2) is 0 Å². The van der Waals surface area contributed by atoms with Gasteiger partial charge in [0, 0.05) is 18.3 Å². The summed E-state index contributed by atoms with van der Waals surface area (Å²) < 4.78 is 5.70. The smallest absolute Gasteiger partial charge is 0.137 e. The average molecular weight is 279 g/mol. The summed E-state index contributed by atoms with van der Waals surface area (Å²) >= 11 is 0. The maximum atomic E-state index is 5.70. The molecule has 17 heavy (non-hydrogen) atoms. The predicted molar refractivity (Wildman–Crippen MR) is 74.5 cm³/mol. The predicted octanol–water partition coefficient (Wildman–Crippen LogP) is 2.79. The number of pyridine rings is 1. The first-order valence-electron chi connectivity index (χ1n) is 5.52. The van der Waals surface area contributed by atoms with Crippen LogP contribution in [0.25, 0.3) is 0 Å². The molecule has 2 rings (SSSR count). The summed E-state index contributed by atoms with van der Waals surface area (Å²) in [6.07, 6.45) is 6.03. The Hall–Kier alpha value is -0.510. The molecule has 1 aromatic rings. The molecule has 1 aromatic heterocycles. The van der Waals surface area contributed by atoms with E-state index in [0.717, 1.165) is 12.4 Å². The van der Waals surface area contributed by atoms with Crippen LogP contribution in [0.1, 0.15) is 19.8 Å². The van der Waals surface area contributed by atoms with Gasteiger partial charge in [0.1, 0.15) is 12.4 Å². The Bertz CT molecular complexity index is 311. The van der Waals surface area contributed by atoms with Crippen molar-refractivity contribution in [2.24, 2.45) is 0 Å². The monoisotopic (exact) mass is 278 g/mol. The third-order valence-electron chi connectivity index (χ3n) is 3.27. The first-order valence-corrected chi connectivity index (χ1v) is 5.52. The molecule has 3 nitrogen and oxygen atoms in total. The summed E-state index contributed by atoms with van der Waals surface area (Å²) in [5.41, 5.74) is 0. The SMILES string of the molecule is C[C@H]1CCC(COc2cccnc2)N1C.Cl.Cl. The first-order chi connectivity index (χ1) is 7.27. The van der Waals surface area contributed by atoms with E-state index in [2.05, 4.69) is 23.9 Å². The van der Waals surface area contributed by atoms with Crippen molar-refractivity contribution < 1.29 is 4.74 Å². The lowest BCUT2D eigenvalue weighted by molar-refractivity contribution is 0.174. The minimum atomic E-state index is 0. The number of aromatic nitrogens is 1. The van der Waals surface area contributed by atoms with Crippen molar-refractivity contribution in [2.45, 2.75) is 31.8 Å². The van der Waals surface area contributed by atoms with E-state index in [0.29, 0.717) is 12.1 Å². The van der Waals surface area contributed by atoms with Crippen molar-refractivity contribution in [3.63, 3.8) is 0 Å². The van der Waals surface area contributed by atoms with Crippen LogP contribution < -0.4 is 4.74 Å². The molecule has 1 aliphatic rings. The average Bonchev–Trinajstić information content (AvgIpc) is 2.59. The largest absolute Gasteiger partial charge is 0.490 e. The van der Waals surface area contributed by atoms with E-state index in [1.165, 1.54) is 12.8 Å². The van der Waals surface area contributed by atoms with E-state index < -0.39 is 0 Å². The highest BCUT2D eigenvalue weighted by atomic mass is 35.5. The molecule has 1 fully saturated rings. The Morgan fingerprint density at radius 1 is 1.41 bits per heavy atom. The fourth-order valence-corrected chi connectivity index (χ4v) is 2.03. The van der Waals surface area contributed by atoms with Crippen LogP contribution in [0.3, 0.4) is 0 Å². The van der Waals surface area contributed by atoms with E-state index in [1.807, 2.05) is 12.1 Å². The maximum absolute atomic E-state index is 5.70. The zero-order valence-corrected chi connectivity index (χ0v) is 11.8. The fourth-order valence-electron chi connectivity index (χ4n) is 2.03. The molecule has 2 atom stereocenters. The second kappa shape index (κ2) is 7.75. The Morgan fingerprint density at radius 3 is 2.71 bits per heavy atom. The van der Waals surface area contributed by atoms with Gasteiger partial charge < -0.3 is 4.74 Å². The van der Waals surface area contributed by atoms with Gasteiger partial charge in [0.2, 0.25) is 0 Å². The number of likely N-dealkylation sites (tertiary alicyclic amines) is 1. The third-order valence-corrected chi connectivity index (χ3v) is 3.27. The molecule has 1 unspecified atom stereocenters. The Kier molecular flexibility index (Phi) is 7.51. The van der Waals surface area contributed by atoms with Crippen molar-refractivity contribution in [2.75, 3.05) is 13.7 Å². The van der Waals surface area contributed by atoms with Crippen LogP contribution in [0, 0.1) is 0 Å². The van der Waals surface area contributed by atoms with Gasteiger partial charge in [-0.05, 0) is 38.9 Å². The summed E-state index contributed by atoms with van der Waals surface area (Å²) in [6.45, 7) is 3.04. The van der Waals surface area contributed by atoms with E-state index in [4.69, 9.17) is 4.74 Å². The topological polar surface area (TPSA) is 25.4 Å². The van der Waals surface area contributed by atoms with Crippen LogP contribution in [0.5, 0.6) is 5.75 Å². The van der Waals surface area contributed by atoms with Gasteiger partial charge in [-0.15, -0.1) is 24.8 Å². The van der Waals surface area contributed by atoms with Crippen molar-refractivity contribution in [1.82, 2.24) is 9.88 Å². The molecule has 0 radical (unpaired) electrons. The minimum absolute atomic E-state index is 0. The van der Waals surface area contributed by atoms with Gasteiger partial charge in [-0.1, -0.05) is 0 Å². The van der Waals surface area contributed by atoms with E-state index >= 15 is 0 Å². The summed E-state index contributed by atoms with van der Waals surface area (Å²) in [5, 5.41) is 0. The number of rotatable bonds is 3. The van der Waals surface area contributed by atoms with Crippen LogP contribution in [-0.2, 0) is 0 Å². The van der Waals surface area contributed by atoms with Gasteiger partial charge in [0.05, 0.1) is 6.20 Å². The number of likely N-dealkylation sites (N-methyl/N-ethyl adjacent to an activating group) is 1. The second-order valence-electron chi connectivity index (χ2n) is 4.25. The second-order valence-corrected chi connectivity index (χ2v) is 4.25. The first kappa shape index (κ1) is 16.5. The zero-order valence-electron chi connectivity index (χ0n) is 10.2. The molecule has 1 saturated heterocycles. The number of nitrogens with zero attached hydrogens (tertiary/aromatic N) is 2. The van der Waals surface area contributed by atoms with Crippen LogP contribution in [0.15, 0.2) is 24.5 Å². The summed E-state index contributed by atoms with van der Waals surface area (Å²) in [6, 6.07) is 5.09. The van der Waals surface area contributed by atoms with Crippen molar-refractivity contribution in [3.05, 3.63) is 24.5 Å². The van der Waals surface area contributed by atoms with E-state index in [1.54, 1.807) is 12.4 Å². The third kappa shape index (κ3) is 4.34. The van der Waals surface area contributed by atoms with Gasteiger partial charge in [-0.25, -0.2) is 0 Å². The zero-order chi connectivity index (χ0) is 10.7. The molecular formula is C12H20Cl2N2O. The molecular weight excluding hydrogens is 259 g/mol. The molecule has 98 valence electrons. The normalized spacial score (nSPS) is 23.6. The Balaban J connectivity index is 0.00000128. The molecule has 1 aliphatic heterocycles. The summed E-state index contributed by atoms with van der Waals surface area (Å²) in [4.78, 5) is 6.42. The molecule has 0 saturated carbocycles. The van der Waals surface area contributed by atoms with Crippen molar-refractivity contribution in [3.8, 4) is 5.75 Å². The highest BCUT2D eigenvalue weighted by Gasteiger charge is 2.27. The van der Waals surface area contributed by atoms with Gasteiger partial charge in [-0.3, -0.25) is 9.88 Å². The molecule has 0 aromatic carbocycles. The molecule has 0 aliphatic carbocycles. The van der Waals surface area contributed by atoms with Crippen molar-refractivity contribution in [1.29, 1.82) is 0 Å². The minimum Gasteiger partial charge on any atom is -0.490 e. The lowest BCUT2D eigenvalue weighted by Crippen LogP contribution is -2.34. The number of hydrogen-bond acceptors (Lipinski definition) is 3. The Labute approximate surface area is 115 Å². The number of halogens is 2. The highest BCUT2D eigenvalue weighted by molar-refractivity contribution is 5.85. The number of hydrogen-bond donors (Lipinski definition) is 0. The maximum Gasteiger partial charge on any atom is 0.137 e. The number of ether oxygens (including phenoxy) is 1. The van der Waals surface area contributed by atoms with E-state index in [-0.39, 0.29) is 24.8 Å². The van der Waals surface area contributed by atoms with Crippen LogP contribution >= 0.6 is 24.8 Å². The molecule has 2 heterocycles. The van der Waals surface area contributed by atoms with Crippen LogP contribution in [0.2, 0.25) is 0 Å². The fraction of sp³-hybridized carbons (Fsp3) is 0.583. The summed E-state index contributed by atoms with van der Waals surface area (Å²) in [7, 11) is 2.18.